The van der Waals surface area contributed by atoms with Crippen LogP contribution in [0, 0.1) is 13.8 Å². The lowest BCUT2D eigenvalue weighted by Crippen LogP contribution is -2.44. The number of rotatable bonds is 3. The molecule has 0 bridgehead atoms. The van der Waals surface area contributed by atoms with Gasteiger partial charge in [-0.2, -0.15) is 0 Å². The summed E-state index contributed by atoms with van der Waals surface area (Å²) in [7, 11) is 3.36. The average molecular weight is 235 g/mol. The third kappa shape index (κ3) is 1.78. The summed E-state index contributed by atoms with van der Waals surface area (Å²) in [6.45, 7) is 4.12. The molecule has 3 nitrogen and oxygen atoms in total. The zero-order chi connectivity index (χ0) is 12.6. The highest BCUT2D eigenvalue weighted by Gasteiger charge is 2.39. The smallest absolute Gasteiger partial charge is 0.166 e. The van der Waals surface area contributed by atoms with E-state index in [0.717, 1.165) is 35.5 Å². The molecule has 0 radical (unpaired) electrons. The van der Waals surface area contributed by atoms with E-state index in [-0.39, 0.29) is 5.54 Å². The van der Waals surface area contributed by atoms with Crippen LogP contribution in [0.15, 0.2) is 6.07 Å². The Bertz CT molecular complexity index is 436. The summed E-state index contributed by atoms with van der Waals surface area (Å²) < 4.78 is 11.0. The molecular formula is C14H21NO2. The van der Waals surface area contributed by atoms with Gasteiger partial charge in [0, 0.05) is 11.1 Å². The zero-order valence-corrected chi connectivity index (χ0v) is 11.1. The van der Waals surface area contributed by atoms with Gasteiger partial charge in [-0.3, -0.25) is 0 Å². The highest BCUT2D eigenvalue weighted by atomic mass is 16.5. The van der Waals surface area contributed by atoms with Crippen LogP contribution in [0.25, 0.3) is 0 Å². The minimum Gasteiger partial charge on any atom is -0.493 e. The first-order valence-electron chi connectivity index (χ1n) is 6.05. The Balaban J connectivity index is 2.64. The predicted octanol–water partition coefficient (Wildman–Crippen LogP) is 2.66. The number of hydrogen-bond acceptors (Lipinski definition) is 3. The van der Waals surface area contributed by atoms with Crippen molar-refractivity contribution in [3.63, 3.8) is 0 Å². The van der Waals surface area contributed by atoms with Gasteiger partial charge >= 0.3 is 0 Å². The summed E-state index contributed by atoms with van der Waals surface area (Å²) in [5.41, 5.74) is 9.62. The van der Waals surface area contributed by atoms with Gasteiger partial charge in [0.1, 0.15) is 0 Å². The van der Waals surface area contributed by atoms with Crippen molar-refractivity contribution in [2.75, 3.05) is 14.2 Å². The lowest BCUT2D eigenvalue weighted by atomic mass is 9.70. The summed E-state index contributed by atoms with van der Waals surface area (Å²) in [6, 6.07) is 2.13. The van der Waals surface area contributed by atoms with E-state index < -0.39 is 0 Å². The van der Waals surface area contributed by atoms with Gasteiger partial charge in [-0.1, -0.05) is 6.07 Å². The maximum atomic E-state index is 6.44. The second-order valence-electron chi connectivity index (χ2n) is 4.96. The minimum absolute atomic E-state index is 0.226. The van der Waals surface area contributed by atoms with E-state index in [1.807, 2.05) is 6.92 Å². The lowest BCUT2D eigenvalue weighted by molar-refractivity contribution is 0.239. The van der Waals surface area contributed by atoms with Crippen LogP contribution in [0.3, 0.4) is 0 Å². The molecule has 0 unspecified atom stereocenters. The quantitative estimate of drug-likeness (QED) is 0.876. The van der Waals surface area contributed by atoms with Gasteiger partial charge in [-0.15, -0.1) is 0 Å². The molecule has 0 atom stereocenters. The van der Waals surface area contributed by atoms with Crippen molar-refractivity contribution in [3.8, 4) is 11.5 Å². The number of ether oxygens (including phenoxy) is 2. The average Bonchev–Trinajstić information content (AvgIpc) is 2.25. The second-order valence-corrected chi connectivity index (χ2v) is 4.96. The Kier molecular flexibility index (Phi) is 3.04. The molecule has 1 aliphatic rings. The van der Waals surface area contributed by atoms with E-state index in [1.54, 1.807) is 14.2 Å². The van der Waals surface area contributed by atoms with Crippen molar-refractivity contribution in [2.45, 2.75) is 38.6 Å². The molecule has 17 heavy (non-hydrogen) atoms. The van der Waals surface area contributed by atoms with Gasteiger partial charge < -0.3 is 15.2 Å². The van der Waals surface area contributed by atoms with Crippen LogP contribution in [-0.4, -0.2) is 14.2 Å². The van der Waals surface area contributed by atoms with E-state index in [9.17, 15) is 0 Å². The maximum Gasteiger partial charge on any atom is 0.166 e. The van der Waals surface area contributed by atoms with Crippen molar-refractivity contribution in [2.24, 2.45) is 5.73 Å². The molecular weight excluding hydrogens is 214 g/mol. The van der Waals surface area contributed by atoms with Crippen LogP contribution in [-0.2, 0) is 5.54 Å². The van der Waals surface area contributed by atoms with Crippen LogP contribution in [0.5, 0.6) is 11.5 Å². The molecule has 94 valence electrons. The number of benzene rings is 1. The normalized spacial score (nSPS) is 17.5. The molecule has 0 heterocycles. The molecule has 0 amide bonds. The van der Waals surface area contributed by atoms with Gasteiger partial charge in [0.15, 0.2) is 11.5 Å². The number of methoxy groups -OCH3 is 2. The lowest BCUT2D eigenvalue weighted by Gasteiger charge is -2.40. The van der Waals surface area contributed by atoms with E-state index in [1.165, 1.54) is 12.0 Å². The fourth-order valence-corrected chi connectivity index (χ4v) is 2.81. The highest BCUT2D eigenvalue weighted by Crippen LogP contribution is 2.48. The molecule has 1 aliphatic carbocycles. The topological polar surface area (TPSA) is 44.5 Å². The van der Waals surface area contributed by atoms with Crippen molar-refractivity contribution in [1.29, 1.82) is 0 Å². The van der Waals surface area contributed by atoms with Crippen molar-refractivity contribution in [3.05, 3.63) is 22.8 Å². The fraction of sp³-hybridized carbons (Fsp3) is 0.571. The van der Waals surface area contributed by atoms with Gasteiger partial charge in [0.25, 0.3) is 0 Å². The van der Waals surface area contributed by atoms with Crippen LogP contribution in [0.2, 0.25) is 0 Å². The predicted molar refractivity (Wildman–Crippen MR) is 68.7 cm³/mol. The summed E-state index contributed by atoms with van der Waals surface area (Å²) >= 11 is 0. The molecule has 0 saturated heterocycles. The number of aryl methyl sites for hydroxylation is 2. The molecule has 1 fully saturated rings. The van der Waals surface area contributed by atoms with Crippen LogP contribution in [0.4, 0.5) is 0 Å². The van der Waals surface area contributed by atoms with Crippen LogP contribution in [0.1, 0.15) is 36.0 Å². The largest absolute Gasteiger partial charge is 0.493 e. The highest BCUT2D eigenvalue weighted by molar-refractivity contribution is 5.58. The zero-order valence-electron chi connectivity index (χ0n) is 11.1. The Morgan fingerprint density at radius 3 is 2.06 bits per heavy atom. The molecule has 2 N–H and O–H groups in total. The third-order valence-corrected chi connectivity index (χ3v) is 3.77. The Labute approximate surface area is 103 Å². The van der Waals surface area contributed by atoms with Crippen LogP contribution < -0.4 is 15.2 Å². The Morgan fingerprint density at radius 1 is 1.06 bits per heavy atom. The van der Waals surface area contributed by atoms with E-state index in [2.05, 4.69) is 13.0 Å². The molecule has 0 aromatic heterocycles. The summed E-state index contributed by atoms with van der Waals surface area (Å²) in [4.78, 5) is 0. The fourth-order valence-electron chi connectivity index (χ4n) is 2.81. The summed E-state index contributed by atoms with van der Waals surface area (Å²) in [6.07, 6.45) is 3.24. The summed E-state index contributed by atoms with van der Waals surface area (Å²) in [5.74, 6) is 1.62. The van der Waals surface area contributed by atoms with Crippen molar-refractivity contribution < 1.29 is 9.47 Å². The minimum atomic E-state index is -0.226. The molecule has 0 aliphatic heterocycles. The van der Waals surface area contributed by atoms with Gasteiger partial charge in [0.2, 0.25) is 0 Å². The molecule has 0 spiro atoms. The molecule has 1 aromatic carbocycles. The van der Waals surface area contributed by atoms with Crippen molar-refractivity contribution in [1.82, 2.24) is 0 Å². The molecule has 3 heteroatoms. The second kappa shape index (κ2) is 4.22. The van der Waals surface area contributed by atoms with Crippen molar-refractivity contribution >= 4 is 0 Å². The van der Waals surface area contributed by atoms with E-state index >= 15 is 0 Å². The van der Waals surface area contributed by atoms with Gasteiger partial charge in [-0.25, -0.2) is 0 Å². The Hall–Kier alpha value is -1.22. The standard InChI is InChI=1S/C14H21NO2/c1-9-8-10(2)12(16-3)13(17-4)11(9)14(15)6-5-7-14/h8H,5-7,15H2,1-4H3. The first-order chi connectivity index (χ1) is 8.03. The van der Waals surface area contributed by atoms with E-state index in [0.29, 0.717) is 0 Å². The monoisotopic (exact) mass is 235 g/mol. The molecule has 2 rings (SSSR count). The number of nitrogens with two attached hydrogens (primary N) is 1. The molecule has 1 saturated carbocycles. The summed E-state index contributed by atoms with van der Waals surface area (Å²) in [5, 5.41) is 0. The SMILES string of the molecule is COc1c(C)cc(C)c(C2(N)CCC2)c1OC. The first-order valence-corrected chi connectivity index (χ1v) is 6.05. The maximum absolute atomic E-state index is 6.44. The molecule has 1 aromatic rings. The first kappa shape index (κ1) is 12.2. The van der Waals surface area contributed by atoms with Gasteiger partial charge in [0.05, 0.1) is 14.2 Å². The Morgan fingerprint density at radius 2 is 1.65 bits per heavy atom. The number of hydrogen-bond donors (Lipinski definition) is 1. The van der Waals surface area contributed by atoms with Gasteiger partial charge in [-0.05, 0) is 44.2 Å². The van der Waals surface area contributed by atoms with E-state index in [4.69, 9.17) is 15.2 Å². The third-order valence-electron chi connectivity index (χ3n) is 3.77. The van der Waals surface area contributed by atoms with Crippen LogP contribution >= 0.6 is 0 Å².